The molecule has 1 atom stereocenters. The third-order valence-electron chi connectivity index (χ3n) is 4.55. The predicted octanol–water partition coefficient (Wildman–Crippen LogP) is 5.81. The molecule has 1 unspecified atom stereocenters. The Morgan fingerprint density at radius 3 is 2.05 bits per heavy atom. The van der Waals surface area contributed by atoms with Gasteiger partial charge in [0.1, 0.15) is 0 Å². The predicted molar refractivity (Wildman–Crippen MR) is 89.4 cm³/mol. The number of hydrogen-bond acceptors (Lipinski definition) is 2. The molecule has 1 saturated carbocycles. The molecule has 0 aromatic heterocycles. The minimum absolute atomic E-state index is 0.737. The summed E-state index contributed by atoms with van der Waals surface area (Å²) in [7, 11) is -1.99. The van der Waals surface area contributed by atoms with Crippen molar-refractivity contribution < 1.29 is 8.85 Å². The van der Waals surface area contributed by atoms with E-state index in [1.165, 1.54) is 63.8 Å². The van der Waals surface area contributed by atoms with Crippen LogP contribution in [-0.2, 0) is 8.85 Å². The van der Waals surface area contributed by atoms with E-state index in [-0.39, 0.29) is 0 Å². The molecule has 0 radical (unpaired) electrons. The summed E-state index contributed by atoms with van der Waals surface area (Å²) in [5.41, 5.74) is 0.737. The average Bonchev–Trinajstić information content (AvgIpc) is 2.42. The molecule has 0 N–H and O–H groups in total. The van der Waals surface area contributed by atoms with Crippen molar-refractivity contribution in [2.24, 2.45) is 0 Å². The van der Waals surface area contributed by atoms with E-state index in [1.54, 1.807) is 0 Å². The van der Waals surface area contributed by atoms with Crippen LogP contribution in [0.3, 0.4) is 0 Å². The molecule has 1 aliphatic carbocycles. The number of unbranched alkanes of at least 4 members (excludes halogenated alkanes) is 1. The van der Waals surface area contributed by atoms with Gasteiger partial charge in [-0.05, 0) is 32.2 Å². The third-order valence-corrected chi connectivity index (χ3v) is 8.89. The topological polar surface area (TPSA) is 18.5 Å². The summed E-state index contributed by atoms with van der Waals surface area (Å²) in [6, 6.07) is 1.21. The first-order valence-corrected chi connectivity index (χ1v) is 11.2. The van der Waals surface area contributed by atoms with Crippen molar-refractivity contribution in [3.63, 3.8) is 0 Å². The van der Waals surface area contributed by atoms with Crippen molar-refractivity contribution in [3.8, 4) is 0 Å². The Bertz CT molecular complexity index is 217. The van der Waals surface area contributed by atoms with Crippen LogP contribution in [0.25, 0.3) is 0 Å². The second-order valence-electron chi connectivity index (χ2n) is 6.24. The van der Waals surface area contributed by atoms with Gasteiger partial charge in [-0.2, -0.15) is 0 Å². The molecule has 0 bridgehead atoms. The van der Waals surface area contributed by atoms with Crippen molar-refractivity contribution >= 4 is 8.56 Å². The first-order valence-electron chi connectivity index (χ1n) is 9.07. The van der Waals surface area contributed by atoms with Gasteiger partial charge < -0.3 is 8.85 Å². The summed E-state index contributed by atoms with van der Waals surface area (Å²) in [4.78, 5) is 0. The van der Waals surface area contributed by atoms with E-state index >= 15 is 0 Å². The van der Waals surface area contributed by atoms with E-state index in [0.717, 1.165) is 25.2 Å². The van der Waals surface area contributed by atoms with Gasteiger partial charge in [-0.25, -0.2) is 0 Å². The molecule has 3 heteroatoms. The van der Waals surface area contributed by atoms with Gasteiger partial charge in [0.15, 0.2) is 0 Å². The minimum atomic E-state index is -1.99. The first kappa shape index (κ1) is 18.2. The van der Waals surface area contributed by atoms with Gasteiger partial charge in [0.25, 0.3) is 0 Å². The Kier molecular flexibility index (Phi) is 9.83. The molecule has 1 fully saturated rings. The maximum absolute atomic E-state index is 6.47. The summed E-state index contributed by atoms with van der Waals surface area (Å²) < 4.78 is 12.9. The minimum Gasteiger partial charge on any atom is -0.394 e. The summed E-state index contributed by atoms with van der Waals surface area (Å²) >= 11 is 0. The molecular weight excluding hydrogens is 264 g/mol. The molecule has 1 rings (SSSR count). The quantitative estimate of drug-likeness (QED) is 0.500. The van der Waals surface area contributed by atoms with E-state index in [1.807, 2.05) is 0 Å². The lowest BCUT2D eigenvalue weighted by Gasteiger charge is -2.38. The van der Waals surface area contributed by atoms with Crippen LogP contribution in [0, 0.1) is 0 Å². The first-order chi connectivity index (χ1) is 9.79. The molecule has 120 valence electrons. The Hall–Kier alpha value is 0.137. The van der Waals surface area contributed by atoms with Crippen molar-refractivity contribution in [3.05, 3.63) is 0 Å². The van der Waals surface area contributed by atoms with E-state index in [9.17, 15) is 0 Å². The molecule has 0 aromatic rings. The Morgan fingerprint density at radius 1 is 0.850 bits per heavy atom. The molecule has 0 saturated heterocycles. The lowest BCUT2D eigenvalue weighted by Crippen LogP contribution is -2.47. The van der Waals surface area contributed by atoms with Gasteiger partial charge in [-0.1, -0.05) is 58.8 Å². The Labute approximate surface area is 127 Å². The van der Waals surface area contributed by atoms with Crippen LogP contribution in [0.1, 0.15) is 85.0 Å². The van der Waals surface area contributed by atoms with Gasteiger partial charge in [-0.3, -0.25) is 0 Å². The van der Waals surface area contributed by atoms with Gasteiger partial charge in [0, 0.05) is 18.8 Å². The Balaban J connectivity index is 2.77. The van der Waals surface area contributed by atoms with Crippen molar-refractivity contribution in [2.45, 2.75) is 96.6 Å². The zero-order valence-electron chi connectivity index (χ0n) is 14.1. The van der Waals surface area contributed by atoms with E-state index in [2.05, 4.69) is 20.8 Å². The lowest BCUT2D eigenvalue weighted by molar-refractivity contribution is 0.158. The molecule has 0 amide bonds. The highest BCUT2D eigenvalue weighted by atomic mass is 28.4. The molecule has 0 heterocycles. The molecule has 0 spiro atoms. The van der Waals surface area contributed by atoms with Crippen molar-refractivity contribution in [2.75, 3.05) is 13.2 Å². The van der Waals surface area contributed by atoms with Crippen LogP contribution in [0.5, 0.6) is 0 Å². The van der Waals surface area contributed by atoms with Crippen LogP contribution in [0.4, 0.5) is 0 Å². The van der Waals surface area contributed by atoms with Crippen LogP contribution in [0.15, 0.2) is 0 Å². The Morgan fingerprint density at radius 2 is 1.50 bits per heavy atom. The molecular formula is C17H36O2Si. The fourth-order valence-corrected chi connectivity index (χ4v) is 7.89. The zero-order chi connectivity index (χ0) is 14.7. The van der Waals surface area contributed by atoms with Crippen molar-refractivity contribution in [1.29, 1.82) is 0 Å². The van der Waals surface area contributed by atoms with E-state index < -0.39 is 8.56 Å². The zero-order valence-corrected chi connectivity index (χ0v) is 15.1. The standard InChI is InChI=1S/C17H36O2Si/c1-4-7-16-20(18-6-3,19-15-5-2)17-13-11-9-8-10-12-14-17/h17H,4-16H2,1-3H3. The monoisotopic (exact) mass is 300 g/mol. The summed E-state index contributed by atoms with van der Waals surface area (Å²) in [6.07, 6.45) is 13.3. The molecule has 0 aliphatic heterocycles. The third kappa shape index (κ3) is 5.86. The molecule has 2 nitrogen and oxygen atoms in total. The maximum atomic E-state index is 6.47. The van der Waals surface area contributed by atoms with Gasteiger partial charge in [-0.15, -0.1) is 0 Å². The maximum Gasteiger partial charge on any atom is 0.341 e. The fourth-order valence-electron chi connectivity index (χ4n) is 3.46. The van der Waals surface area contributed by atoms with Gasteiger partial charge in [0.2, 0.25) is 0 Å². The SMILES string of the molecule is CCCC[Si](OCC)(OCCC)C1CCCCCCC1. The fraction of sp³-hybridized carbons (Fsp3) is 1.00. The van der Waals surface area contributed by atoms with Crippen LogP contribution < -0.4 is 0 Å². The summed E-state index contributed by atoms with van der Waals surface area (Å²) in [5.74, 6) is 0. The van der Waals surface area contributed by atoms with E-state index in [0.29, 0.717) is 0 Å². The van der Waals surface area contributed by atoms with Crippen LogP contribution in [0.2, 0.25) is 11.6 Å². The number of rotatable bonds is 9. The molecule has 20 heavy (non-hydrogen) atoms. The number of hydrogen-bond donors (Lipinski definition) is 0. The largest absolute Gasteiger partial charge is 0.394 e. The smallest absolute Gasteiger partial charge is 0.341 e. The average molecular weight is 301 g/mol. The highest BCUT2D eigenvalue weighted by Gasteiger charge is 2.44. The highest BCUT2D eigenvalue weighted by molar-refractivity contribution is 6.69. The van der Waals surface area contributed by atoms with E-state index in [4.69, 9.17) is 8.85 Å². The van der Waals surface area contributed by atoms with Crippen LogP contribution in [-0.4, -0.2) is 21.8 Å². The second-order valence-corrected chi connectivity index (χ2v) is 9.76. The second kappa shape index (κ2) is 10.8. The summed E-state index contributed by atoms with van der Waals surface area (Å²) in [5, 5.41) is 0. The van der Waals surface area contributed by atoms with Gasteiger partial charge in [0.05, 0.1) is 0 Å². The van der Waals surface area contributed by atoms with Crippen LogP contribution >= 0.6 is 0 Å². The molecule has 0 aromatic carbocycles. The lowest BCUT2D eigenvalue weighted by atomic mass is 10.0. The summed E-state index contributed by atoms with van der Waals surface area (Å²) in [6.45, 7) is 8.36. The van der Waals surface area contributed by atoms with Crippen molar-refractivity contribution in [1.82, 2.24) is 0 Å². The van der Waals surface area contributed by atoms with Gasteiger partial charge >= 0.3 is 8.56 Å². The molecule has 1 aliphatic rings. The highest BCUT2D eigenvalue weighted by Crippen LogP contribution is 2.39. The normalized spacial score (nSPS) is 21.1.